The van der Waals surface area contributed by atoms with Gasteiger partial charge in [0, 0.05) is 5.56 Å². The molecule has 1 aromatic heterocycles. The van der Waals surface area contributed by atoms with Crippen LogP contribution in [0.1, 0.15) is 36.5 Å². The molecule has 0 radical (unpaired) electrons. The van der Waals surface area contributed by atoms with Crippen molar-refractivity contribution >= 4 is 18.1 Å². The third kappa shape index (κ3) is 3.12. The van der Waals surface area contributed by atoms with Crippen molar-refractivity contribution < 1.29 is 18.9 Å². The Labute approximate surface area is 149 Å². The van der Waals surface area contributed by atoms with Crippen LogP contribution in [0.15, 0.2) is 16.7 Å². The molecule has 0 bridgehead atoms. The lowest BCUT2D eigenvalue weighted by Crippen LogP contribution is -2.44. The molecule has 1 fully saturated rings. The van der Waals surface area contributed by atoms with E-state index in [4.69, 9.17) is 19.7 Å². The second kappa shape index (κ2) is 6.49. The first-order valence-electron chi connectivity index (χ1n) is 7.74. The van der Waals surface area contributed by atoms with Gasteiger partial charge in [0.1, 0.15) is 13.2 Å². The van der Waals surface area contributed by atoms with Gasteiger partial charge in [0.2, 0.25) is 5.89 Å². The van der Waals surface area contributed by atoms with Crippen molar-refractivity contribution in [3.05, 3.63) is 39.5 Å². The van der Waals surface area contributed by atoms with E-state index >= 15 is 0 Å². The summed E-state index contributed by atoms with van der Waals surface area (Å²) < 4.78 is 16.1. The number of aromatic nitrogens is 2. The van der Waals surface area contributed by atoms with Crippen LogP contribution in [0.5, 0.6) is 11.5 Å². The van der Waals surface area contributed by atoms with Gasteiger partial charge in [-0.1, -0.05) is 5.16 Å². The average molecular weight is 369 g/mol. The summed E-state index contributed by atoms with van der Waals surface area (Å²) >= 11 is 0. The van der Waals surface area contributed by atoms with Gasteiger partial charge in [-0.25, -0.2) is 0 Å². The highest BCUT2D eigenvalue weighted by molar-refractivity contribution is 5.85. The Morgan fingerprint density at radius 1 is 1.24 bits per heavy atom. The van der Waals surface area contributed by atoms with Gasteiger partial charge in [0.25, 0.3) is 5.69 Å². The summed E-state index contributed by atoms with van der Waals surface area (Å²) in [7, 11) is 0. The normalized spacial score (nSPS) is 17.3. The first-order chi connectivity index (χ1) is 11.5. The van der Waals surface area contributed by atoms with Gasteiger partial charge >= 0.3 is 0 Å². The number of halogens is 1. The van der Waals surface area contributed by atoms with E-state index in [0.717, 1.165) is 19.3 Å². The van der Waals surface area contributed by atoms with Crippen molar-refractivity contribution in [2.45, 2.75) is 31.2 Å². The molecule has 0 atom stereocenters. The molecular formula is C15H17ClN4O5. The van der Waals surface area contributed by atoms with E-state index in [1.54, 1.807) is 6.07 Å². The molecule has 0 spiro atoms. The van der Waals surface area contributed by atoms with Crippen LogP contribution >= 0.6 is 12.4 Å². The minimum Gasteiger partial charge on any atom is -0.486 e. The molecule has 1 aliphatic carbocycles. The number of hydrogen-bond acceptors (Lipinski definition) is 8. The molecule has 134 valence electrons. The largest absolute Gasteiger partial charge is 0.486 e. The predicted octanol–water partition coefficient (Wildman–Crippen LogP) is 2.10. The molecule has 1 aromatic carbocycles. The van der Waals surface area contributed by atoms with Crippen molar-refractivity contribution in [3.63, 3.8) is 0 Å². The minimum absolute atomic E-state index is 0. The first kappa shape index (κ1) is 17.4. The number of rotatable bonds is 4. The molecule has 4 rings (SSSR count). The topological polar surface area (TPSA) is 127 Å². The van der Waals surface area contributed by atoms with Crippen LogP contribution in [0.25, 0.3) is 0 Å². The maximum atomic E-state index is 11.3. The van der Waals surface area contributed by atoms with E-state index in [1.165, 1.54) is 6.07 Å². The van der Waals surface area contributed by atoms with Crippen molar-refractivity contribution in [2.24, 2.45) is 5.73 Å². The summed E-state index contributed by atoms with van der Waals surface area (Å²) in [4.78, 5) is 15.2. The van der Waals surface area contributed by atoms with Crippen LogP contribution in [0.4, 0.5) is 5.69 Å². The number of benzene rings is 1. The minimum atomic E-state index is -0.527. The van der Waals surface area contributed by atoms with Gasteiger partial charge in [-0.15, -0.1) is 12.4 Å². The number of nitrogens with zero attached hydrogens (tertiary/aromatic N) is 3. The third-order valence-electron chi connectivity index (χ3n) is 4.44. The summed E-state index contributed by atoms with van der Waals surface area (Å²) in [5.41, 5.74) is 6.01. The fourth-order valence-electron chi connectivity index (χ4n) is 2.90. The number of fused-ring (bicyclic) bond motifs is 1. The van der Waals surface area contributed by atoms with E-state index in [0.29, 0.717) is 42.0 Å². The Kier molecular flexibility index (Phi) is 4.53. The second-order valence-corrected chi connectivity index (χ2v) is 6.08. The fraction of sp³-hybridized carbons (Fsp3) is 0.467. The Bertz CT molecular complexity index is 805. The number of nitro benzene ring substituents is 1. The molecule has 2 aliphatic rings. The van der Waals surface area contributed by atoms with Crippen LogP contribution in [0, 0.1) is 10.1 Å². The molecule has 1 aliphatic heterocycles. The lowest BCUT2D eigenvalue weighted by atomic mass is 9.77. The Hall–Kier alpha value is -2.39. The van der Waals surface area contributed by atoms with Gasteiger partial charge in [-0.3, -0.25) is 10.1 Å². The molecular weight excluding hydrogens is 352 g/mol. The first-order valence-corrected chi connectivity index (χ1v) is 7.74. The average Bonchev–Trinajstić information content (AvgIpc) is 3.00. The SMILES string of the molecule is Cl.NC1(c2noc(Cc3cc4c(cc3[N+](=O)[O-])OCCO4)n2)CCC1. The number of nitrogens with two attached hydrogens (primary N) is 1. The van der Waals surface area contributed by atoms with Crippen molar-refractivity contribution in [1.29, 1.82) is 0 Å². The lowest BCUT2D eigenvalue weighted by Gasteiger charge is -2.34. The fourth-order valence-corrected chi connectivity index (χ4v) is 2.90. The number of nitro groups is 1. The third-order valence-corrected chi connectivity index (χ3v) is 4.44. The summed E-state index contributed by atoms with van der Waals surface area (Å²) in [5.74, 6) is 1.61. The quantitative estimate of drug-likeness (QED) is 0.642. The standard InChI is InChI=1S/C15H16N4O5.ClH/c16-15(2-1-3-15)14-17-13(24-18-14)7-9-6-11-12(23-5-4-22-11)8-10(9)19(20)21;/h6,8H,1-5,7,16H2;1H. The monoisotopic (exact) mass is 368 g/mol. The smallest absolute Gasteiger partial charge is 0.277 e. The molecule has 0 saturated heterocycles. The van der Waals surface area contributed by atoms with Crippen molar-refractivity contribution in [3.8, 4) is 11.5 Å². The number of hydrogen-bond donors (Lipinski definition) is 1. The maximum Gasteiger partial charge on any atom is 0.277 e. The molecule has 2 N–H and O–H groups in total. The maximum absolute atomic E-state index is 11.3. The molecule has 0 unspecified atom stereocenters. The zero-order valence-electron chi connectivity index (χ0n) is 13.3. The van der Waals surface area contributed by atoms with E-state index in [2.05, 4.69) is 10.1 Å². The summed E-state index contributed by atoms with van der Waals surface area (Å²) in [6.07, 6.45) is 2.80. The zero-order chi connectivity index (χ0) is 16.7. The van der Waals surface area contributed by atoms with Crippen LogP contribution < -0.4 is 15.2 Å². The Balaban J connectivity index is 0.00000182. The van der Waals surface area contributed by atoms with Gasteiger partial charge in [0.15, 0.2) is 17.3 Å². The van der Waals surface area contributed by atoms with Crippen LogP contribution in [-0.2, 0) is 12.0 Å². The van der Waals surface area contributed by atoms with Gasteiger partial charge in [0.05, 0.1) is 22.9 Å². The van der Waals surface area contributed by atoms with Crippen LogP contribution in [-0.4, -0.2) is 28.3 Å². The van der Waals surface area contributed by atoms with E-state index in [9.17, 15) is 10.1 Å². The number of ether oxygens (including phenoxy) is 2. The Morgan fingerprint density at radius 3 is 2.52 bits per heavy atom. The van der Waals surface area contributed by atoms with Crippen LogP contribution in [0.3, 0.4) is 0 Å². The van der Waals surface area contributed by atoms with E-state index < -0.39 is 10.5 Å². The summed E-state index contributed by atoms with van der Waals surface area (Å²) in [6, 6.07) is 2.97. The van der Waals surface area contributed by atoms with Crippen LogP contribution in [0.2, 0.25) is 0 Å². The van der Waals surface area contributed by atoms with E-state index in [1.807, 2.05) is 0 Å². The van der Waals surface area contributed by atoms with Gasteiger partial charge < -0.3 is 19.7 Å². The molecule has 0 amide bonds. The van der Waals surface area contributed by atoms with E-state index in [-0.39, 0.29) is 24.5 Å². The summed E-state index contributed by atoms with van der Waals surface area (Å²) in [6.45, 7) is 0.778. The summed E-state index contributed by atoms with van der Waals surface area (Å²) in [5, 5.41) is 15.3. The second-order valence-electron chi connectivity index (χ2n) is 6.08. The molecule has 25 heavy (non-hydrogen) atoms. The lowest BCUT2D eigenvalue weighted by molar-refractivity contribution is -0.385. The van der Waals surface area contributed by atoms with Crippen molar-refractivity contribution in [1.82, 2.24) is 10.1 Å². The predicted molar refractivity (Wildman–Crippen MR) is 88.2 cm³/mol. The molecule has 10 heteroatoms. The highest BCUT2D eigenvalue weighted by Crippen LogP contribution is 2.39. The van der Waals surface area contributed by atoms with Gasteiger partial charge in [-0.05, 0) is 25.3 Å². The highest BCUT2D eigenvalue weighted by Gasteiger charge is 2.39. The van der Waals surface area contributed by atoms with Gasteiger partial charge in [-0.2, -0.15) is 4.98 Å². The molecule has 2 aromatic rings. The molecule has 1 saturated carbocycles. The highest BCUT2D eigenvalue weighted by atomic mass is 35.5. The Morgan fingerprint density at radius 2 is 1.92 bits per heavy atom. The van der Waals surface area contributed by atoms with Crippen molar-refractivity contribution in [2.75, 3.05) is 13.2 Å². The zero-order valence-corrected chi connectivity index (χ0v) is 14.1. The molecule has 2 heterocycles. The molecule has 9 nitrogen and oxygen atoms in total.